The molecule has 1 atom stereocenters. The van der Waals surface area contributed by atoms with Crippen LogP contribution in [-0.4, -0.2) is 18.2 Å². The molecule has 0 heterocycles. The van der Waals surface area contributed by atoms with Gasteiger partial charge < -0.3 is 9.47 Å². The van der Waals surface area contributed by atoms with E-state index >= 15 is 0 Å². The Morgan fingerprint density at radius 1 is 1.06 bits per heavy atom. The number of fused-ring (bicyclic) bond motifs is 1. The molecule has 1 N–H and O–H groups in total. The molecule has 5 nitrogen and oxygen atoms in total. The summed E-state index contributed by atoms with van der Waals surface area (Å²) in [6.45, 7) is 2.05. The number of amides is 1. The maximum atomic E-state index is 12.5. The number of hydrazone groups is 1. The van der Waals surface area contributed by atoms with Crippen molar-refractivity contribution < 1.29 is 14.3 Å². The molecule has 0 aromatic heterocycles. The topological polar surface area (TPSA) is 59.9 Å². The number of hydrogen-bond donors (Lipinski definition) is 1. The minimum absolute atomic E-state index is 0.381. The van der Waals surface area contributed by atoms with Gasteiger partial charge in [-0.15, -0.1) is 0 Å². The summed E-state index contributed by atoms with van der Waals surface area (Å²) in [5.74, 6) is 0.796. The van der Waals surface area contributed by atoms with Crippen LogP contribution in [0.4, 0.5) is 0 Å². The summed E-state index contributed by atoms with van der Waals surface area (Å²) in [6.07, 6.45) is 0.846. The number of hydrogen-bond acceptors (Lipinski definition) is 4. The molecule has 34 heavy (non-hydrogen) atoms. The summed E-state index contributed by atoms with van der Waals surface area (Å²) >= 11 is 9.46. The first-order chi connectivity index (χ1) is 16.5. The fraction of sp³-hybridized carbons (Fsp3) is 0.111. The molecule has 172 valence electrons. The van der Waals surface area contributed by atoms with Gasteiger partial charge in [-0.3, -0.25) is 4.79 Å². The van der Waals surface area contributed by atoms with Crippen LogP contribution in [0.2, 0.25) is 5.02 Å². The number of carbonyl (C=O) groups is 1. The predicted octanol–water partition coefficient (Wildman–Crippen LogP) is 6.75. The van der Waals surface area contributed by atoms with Crippen LogP contribution in [-0.2, 0) is 11.4 Å². The summed E-state index contributed by atoms with van der Waals surface area (Å²) in [5, 5.41) is 6.73. The van der Waals surface area contributed by atoms with Gasteiger partial charge in [0.1, 0.15) is 18.1 Å². The molecule has 0 aliphatic heterocycles. The molecule has 0 aliphatic carbocycles. The predicted molar refractivity (Wildman–Crippen MR) is 140 cm³/mol. The molecule has 4 aromatic rings. The summed E-state index contributed by atoms with van der Waals surface area (Å²) in [7, 11) is 0. The van der Waals surface area contributed by atoms with Crippen LogP contribution in [0.5, 0.6) is 11.5 Å². The van der Waals surface area contributed by atoms with Gasteiger partial charge in [-0.2, -0.15) is 5.10 Å². The average molecular weight is 538 g/mol. The number of carbonyl (C=O) groups excluding carboxylic acids is 1. The van der Waals surface area contributed by atoms with E-state index in [-0.39, 0.29) is 5.91 Å². The second-order valence-corrected chi connectivity index (χ2v) is 8.92. The van der Waals surface area contributed by atoms with E-state index in [2.05, 4.69) is 26.5 Å². The van der Waals surface area contributed by atoms with Crippen molar-refractivity contribution in [3.8, 4) is 11.5 Å². The van der Waals surface area contributed by atoms with Crippen molar-refractivity contribution in [1.82, 2.24) is 5.43 Å². The standard InChI is InChI=1S/C27H22BrClN2O3/c1-18(34-23-10-5-9-22(29)15-23)27(32)31-30-16-25-24-11-3-2-7-20(24)12-13-26(25)33-17-19-6-4-8-21(28)14-19/h2-16,18H,17H2,1H3,(H,31,32). The Hall–Kier alpha value is -3.35. The fourth-order valence-electron chi connectivity index (χ4n) is 3.37. The van der Waals surface area contributed by atoms with E-state index in [1.807, 2.05) is 60.7 Å². The van der Waals surface area contributed by atoms with Crippen LogP contribution in [0, 0.1) is 0 Å². The minimum Gasteiger partial charge on any atom is -0.488 e. The Morgan fingerprint density at radius 2 is 1.88 bits per heavy atom. The van der Waals surface area contributed by atoms with Crippen molar-refractivity contribution in [3.05, 3.63) is 106 Å². The molecule has 4 rings (SSSR count). The molecule has 7 heteroatoms. The molecular weight excluding hydrogens is 516 g/mol. The van der Waals surface area contributed by atoms with Crippen LogP contribution in [0.15, 0.2) is 94.5 Å². The normalized spacial score (nSPS) is 12.0. The van der Waals surface area contributed by atoms with E-state index in [0.29, 0.717) is 23.1 Å². The highest BCUT2D eigenvalue weighted by Gasteiger charge is 2.14. The second kappa shape index (κ2) is 11.2. The third-order valence-electron chi connectivity index (χ3n) is 5.06. The Morgan fingerprint density at radius 3 is 2.71 bits per heavy atom. The van der Waals surface area contributed by atoms with Gasteiger partial charge in [0, 0.05) is 15.1 Å². The smallest absolute Gasteiger partial charge is 0.280 e. The van der Waals surface area contributed by atoms with E-state index in [9.17, 15) is 4.79 Å². The molecule has 0 radical (unpaired) electrons. The molecular formula is C27H22BrClN2O3. The van der Waals surface area contributed by atoms with Gasteiger partial charge in [0.25, 0.3) is 5.91 Å². The molecule has 0 aliphatic rings. The zero-order valence-electron chi connectivity index (χ0n) is 18.4. The number of halogens is 2. The van der Waals surface area contributed by atoms with Crippen molar-refractivity contribution >= 4 is 50.4 Å². The van der Waals surface area contributed by atoms with Crippen molar-refractivity contribution in [3.63, 3.8) is 0 Å². The number of benzene rings is 4. The largest absolute Gasteiger partial charge is 0.488 e. The SMILES string of the molecule is CC(Oc1cccc(Cl)c1)C(=O)NN=Cc1c(OCc2cccc(Br)c2)ccc2ccccc12. The highest BCUT2D eigenvalue weighted by atomic mass is 79.9. The van der Waals surface area contributed by atoms with Gasteiger partial charge in [-0.05, 0) is 59.7 Å². The van der Waals surface area contributed by atoms with E-state index in [4.69, 9.17) is 21.1 Å². The lowest BCUT2D eigenvalue weighted by molar-refractivity contribution is -0.127. The Labute approximate surface area is 211 Å². The van der Waals surface area contributed by atoms with Crippen LogP contribution < -0.4 is 14.9 Å². The van der Waals surface area contributed by atoms with Gasteiger partial charge in [0.2, 0.25) is 0 Å². The molecule has 0 saturated carbocycles. The van der Waals surface area contributed by atoms with Crippen molar-refractivity contribution in [2.45, 2.75) is 19.6 Å². The van der Waals surface area contributed by atoms with E-state index in [1.165, 1.54) is 0 Å². The lowest BCUT2D eigenvalue weighted by atomic mass is 10.0. The molecule has 0 bridgehead atoms. The first kappa shape index (κ1) is 23.8. The van der Waals surface area contributed by atoms with Gasteiger partial charge in [0.15, 0.2) is 6.10 Å². The van der Waals surface area contributed by atoms with Crippen molar-refractivity contribution in [2.75, 3.05) is 0 Å². The molecule has 0 fully saturated rings. The first-order valence-corrected chi connectivity index (χ1v) is 11.8. The highest BCUT2D eigenvalue weighted by Crippen LogP contribution is 2.28. The maximum absolute atomic E-state index is 12.5. The molecule has 1 amide bonds. The Balaban J connectivity index is 1.50. The maximum Gasteiger partial charge on any atom is 0.280 e. The van der Waals surface area contributed by atoms with E-state index in [1.54, 1.807) is 37.4 Å². The summed E-state index contributed by atoms with van der Waals surface area (Å²) in [6, 6.07) is 26.7. The van der Waals surface area contributed by atoms with E-state index < -0.39 is 6.10 Å². The van der Waals surface area contributed by atoms with Crippen molar-refractivity contribution in [1.29, 1.82) is 0 Å². The first-order valence-electron chi connectivity index (χ1n) is 10.6. The third kappa shape index (κ3) is 6.16. The number of nitrogens with one attached hydrogen (secondary N) is 1. The quantitative estimate of drug-likeness (QED) is 0.200. The summed E-state index contributed by atoms with van der Waals surface area (Å²) in [4.78, 5) is 12.5. The molecule has 1 unspecified atom stereocenters. The van der Waals surface area contributed by atoms with Crippen molar-refractivity contribution in [2.24, 2.45) is 5.10 Å². The minimum atomic E-state index is -0.754. The van der Waals surface area contributed by atoms with Crippen LogP contribution >= 0.6 is 27.5 Å². The summed E-state index contributed by atoms with van der Waals surface area (Å²) < 4.78 is 12.8. The fourth-order valence-corrected chi connectivity index (χ4v) is 4.00. The van der Waals surface area contributed by atoms with Gasteiger partial charge in [-0.1, -0.05) is 76.1 Å². The highest BCUT2D eigenvalue weighted by molar-refractivity contribution is 9.10. The zero-order valence-corrected chi connectivity index (χ0v) is 20.7. The summed E-state index contributed by atoms with van der Waals surface area (Å²) in [5.41, 5.74) is 4.36. The van der Waals surface area contributed by atoms with Crippen LogP contribution in [0.1, 0.15) is 18.1 Å². The second-order valence-electron chi connectivity index (χ2n) is 7.57. The number of ether oxygens (including phenoxy) is 2. The molecule has 0 saturated heterocycles. The monoisotopic (exact) mass is 536 g/mol. The van der Waals surface area contributed by atoms with Gasteiger partial charge in [-0.25, -0.2) is 5.43 Å². The third-order valence-corrected chi connectivity index (χ3v) is 5.79. The number of rotatable bonds is 8. The van der Waals surface area contributed by atoms with Crippen LogP contribution in [0.3, 0.4) is 0 Å². The molecule has 0 spiro atoms. The Kier molecular flexibility index (Phi) is 7.83. The molecule has 4 aromatic carbocycles. The number of nitrogens with zero attached hydrogens (tertiary/aromatic N) is 1. The Bertz CT molecular complexity index is 1340. The average Bonchev–Trinajstić information content (AvgIpc) is 2.83. The van der Waals surface area contributed by atoms with Gasteiger partial charge in [0.05, 0.1) is 6.21 Å². The van der Waals surface area contributed by atoms with Gasteiger partial charge >= 0.3 is 0 Å². The lowest BCUT2D eigenvalue weighted by Crippen LogP contribution is -2.33. The lowest BCUT2D eigenvalue weighted by Gasteiger charge is -2.14. The van der Waals surface area contributed by atoms with Crippen LogP contribution in [0.25, 0.3) is 10.8 Å². The zero-order chi connectivity index (χ0) is 23.9. The van der Waals surface area contributed by atoms with E-state index in [0.717, 1.165) is 26.4 Å².